The van der Waals surface area contributed by atoms with Gasteiger partial charge in [-0.2, -0.15) is 0 Å². The van der Waals surface area contributed by atoms with E-state index in [0.29, 0.717) is 25.5 Å². The molecule has 1 aromatic carbocycles. The number of anilines is 1. The number of aliphatic imine (C=N–C) groups is 1. The molecule has 6 heteroatoms. The van der Waals surface area contributed by atoms with Crippen molar-refractivity contribution in [2.45, 2.75) is 32.8 Å². The van der Waals surface area contributed by atoms with Crippen molar-refractivity contribution < 1.29 is 9.53 Å². The van der Waals surface area contributed by atoms with Crippen molar-refractivity contribution in [1.29, 1.82) is 0 Å². The summed E-state index contributed by atoms with van der Waals surface area (Å²) in [6.45, 7) is 6.50. The van der Waals surface area contributed by atoms with E-state index in [9.17, 15) is 4.79 Å². The van der Waals surface area contributed by atoms with Crippen LogP contribution in [0.15, 0.2) is 35.3 Å². The van der Waals surface area contributed by atoms with Crippen LogP contribution in [0.3, 0.4) is 0 Å². The van der Waals surface area contributed by atoms with Crippen LogP contribution in [-0.4, -0.2) is 30.7 Å². The zero-order valence-corrected chi connectivity index (χ0v) is 12.8. The third kappa shape index (κ3) is 8.52. The molecule has 1 aromatic rings. The number of benzene rings is 1. The normalized spacial score (nSPS) is 11.9. The second kappa shape index (κ2) is 8.14. The van der Waals surface area contributed by atoms with Gasteiger partial charge in [0, 0.05) is 18.8 Å². The first-order valence-electron chi connectivity index (χ1n) is 6.96. The van der Waals surface area contributed by atoms with Gasteiger partial charge in [0.15, 0.2) is 5.96 Å². The highest BCUT2D eigenvalue weighted by Crippen LogP contribution is 2.06. The van der Waals surface area contributed by atoms with E-state index in [1.165, 1.54) is 0 Å². The number of nitrogens with one attached hydrogen (secondary N) is 2. The van der Waals surface area contributed by atoms with E-state index < -0.39 is 11.7 Å². The van der Waals surface area contributed by atoms with E-state index in [4.69, 9.17) is 10.5 Å². The van der Waals surface area contributed by atoms with E-state index in [1.54, 1.807) is 0 Å². The van der Waals surface area contributed by atoms with Crippen molar-refractivity contribution in [3.05, 3.63) is 30.3 Å². The minimum atomic E-state index is -0.480. The fourth-order valence-electron chi connectivity index (χ4n) is 1.49. The minimum absolute atomic E-state index is 0.360. The molecule has 0 radical (unpaired) electrons. The lowest BCUT2D eigenvalue weighted by Gasteiger charge is -2.19. The molecule has 4 N–H and O–H groups in total. The third-order valence-corrected chi connectivity index (χ3v) is 2.33. The molecule has 0 saturated heterocycles. The summed E-state index contributed by atoms with van der Waals surface area (Å²) >= 11 is 0. The van der Waals surface area contributed by atoms with Crippen molar-refractivity contribution in [2.75, 3.05) is 18.4 Å². The maximum Gasteiger partial charge on any atom is 0.407 e. The molecule has 0 bridgehead atoms. The number of alkyl carbamates (subject to hydrolysis) is 1. The van der Waals surface area contributed by atoms with Gasteiger partial charge in [0.1, 0.15) is 5.60 Å². The number of para-hydroxylation sites is 1. The first kappa shape index (κ1) is 16.8. The molecular weight excluding hydrogens is 268 g/mol. The molecule has 0 aliphatic rings. The Morgan fingerprint density at radius 3 is 2.57 bits per heavy atom. The maximum absolute atomic E-state index is 11.4. The largest absolute Gasteiger partial charge is 0.444 e. The molecular formula is C15H24N4O2. The summed E-state index contributed by atoms with van der Waals surface area (Å²) in [6.07, 6.45) is 0.276. The summed E-state index contributed by atoms with van der Waals surface area (Å²) in [5, 5.41) is 5.66. The Kier molecular flexibility index (Phi) is 6.52. The van der Waals surface area contributed by atoms with E-state index >= 15 is 0 Å². The number of guanidine groups is 1. The predicted octanol–water partition coefficient (Wildman–Crippen LogP) is 2.33. The molecule has 1 rings (SSSR count). The Bertz CT molecular complexity index is 466. The highest BCUT2D eigenvalue weighted by atomic mass is 16.6. The average Bonchev–Trinajstić information content (AvgIpc) is 2.37. The average molecular weight is 292 g/mol. The molecule has 1 amide bonds. The summed E-state index contributed by atoms with van der Waals surface area (Å²) < 4.78 is 5.12. The summed E-state index contributed by atoms with van der Waals surface area (Å²) in [4.78, 5) is 15.6. The molecule has 0 atom stereocenters. The number of amides is 1. The van der Waals surface area contributed by atoms with Crippen molar-refractivity contribution >= 4 is 17.7 Å². The Hall–Kier alpha value is -2.24. The molecule has 0 aliphatic carbocycles. The van der Waals surface area contributed by atoms with E-state index in [2.05, 4.69) is 15.6 Å². The van der Waals surface area contributed by atoms with Gasteiger partial charge in [0.25, 0.3) is 0 Å². The van der Waals surface area contributed by atoms with Crippen LogP contribution in [0, 0.1) is 0 Å². The number of hydrogen-bond acceptors (Lipinski definition) is 3. The Morgan fingerprint density at radius 2 is 1.95 bits per heavy atom. The standard InChI is InChI=1S/C15H24N4O2/c1-15(2,3)21-14(20)18-11-7-10-17-13(16)19-12-8-5-4-6-9-12/h4-6,8-9H,7,10-11H2,1-3H3,(H,18,20)(H3,16,17,19). The Morgan fingerprint density at radius 1 is 1.29 bits per heavy atom. The monoisotopic (exact) mass is 292 g/mol. The molecule has 116 valence electrons. The summed E-state index contributed by atoms with van der Waals surface area (Å²) in [5.74, 6) is 0.360. The van der Waals surface area contributed by atoms with Gasteiger partial charge in [-0.05, 0) is 39.3 Å². The number of hydrogen-bond donors (Lipinski definition) is 3. The second-order valence-electron chi connectivity index (χ2n) is 5.54. The highest BCUT2D eigenvalue weighted by molar-refractivity contribution is 5.92. The molecule has 21 heavy (non-hydrogen) atoms. The van der Waals surface area contributed by atoms with Gasteiger partial charge in [0.2, 0.25) is 0 Å². The van der Waals surface area contributed by atoms with Gasteiger partial charge in [-0.25, -0.2) is 4.79 Å². The predicted molar refractivity (Wildman–Crippen MR) is 85.4 cm³/mol. The van der Waals surface area contributed by atoms with Crippen molar-refractivity contribution in [2.24, 2.45) is 10.7 Å². The van der Waals surface area contributed by atoms with Crippen molar-refractivity contribution in [3.63, 3.8) is 0 Å². The first-order valence-corrected chi connectivity index (χ1v) is 6.96. The molecule has 0 aromatic heterocycles. The van der Waals surface area contributed by atoms with Gasteiger partial charge in [-0.15, -0.1) is 0 Å². The molecule has 0 unspecified atom stereocenters. The number of carbonyl (C=O) groups is 1. The van der Waals surface area contributed by atoms with Gasteiger partial charge in [-0.3, -0.25) is 4.99 Å². The first-order chi connectivity index (χ1) is 9.87. The van der Waals surface area contributed by atoms with Gasteiger partial charge >= 0.3 is 6.09 Å². The van der Waals surface area contributed by atoms with Crippen LogP contribution in [0.25, 0.3) is 0 Å². The molecule has 6 nitrogen and oxygen atoms in total. The number of carbonyl (C=O) groups excluding carboxylic acids is 1. The number of rotatable bonds is 5. The van der Waals surface area contributed by atoms with Crippen LogP contribution in [0.2, 0.25) is 0 Å². The highest BCUT2D eigenvalue weighted by Gasteiger charge is 2.15. The number of nitrogens with zero attached hydrogens (tertiary/aromatic N) is 1. The lowest BCUT2D eigenvalue weighted by molar-refractivity contribution is 0.0527. The van der Waals surface area contributed by atoms with Gasteiger partial charge in [-0.1, -0.05) is 18.2 Å². The SMILES string of the molecule is CC(C)(C)OC(=O)NCCCN=C(N)Nc1ccccc1. The second-order valence-corrected chi connectivity index (χ2v) is 5.54. The van der Waals surface area contributed by atoms with Crippen LogP contribution in [0.4, 0.5) is 10.5 Å². The van der Waals surface area contributed by atoms with Crippen LogP contribution >= 0.6 is 0 Å². The van der Waals surface area contributed by atoms with Crippen LogP contribution in [-0.2, 0) is 4.74 Å². The molecule has 0 aliphatic heterocycles. The Labute approximate surface area is 125 Å². The maximum atomic E-state index is 11.4. The topological polar surface area (TPSA) is 88.7 Å². The van der Waals surface area contributed by atoms with E-state index in [0.717, 1.165) is 5.69 Å². The molecule has 0 heterocycles. The number of ether oxygens (including phenoxy) is 1. The summed E-state index contributed by atoms with van der Waals surface area (Å²) in [5.41, 5.74) is 6.17. The van der Waals surface area contributed by atoms with E-state index in [1.807, 2.05) is 51.1 Å². The Balaban J connectivity index is 2.18. The van der Waals surface area contributed by atoms with Crippen LogP contribution < -0.4 is 16.4 Å². The van der Waals surface area contributed by atoms with Crippen LogP contribution in [0.1, 0.15) is 27.2 Å². The van der Waals surface area contributed by atoms with E-state index in [-0.39, 0.29) is 0 Å². The minimum Gasteiger partial charge on any atom is -0.444 e. The smallest absolute Gasteiger partial charge is 0.407 e. The molecule has 0 spiro atoms. The molecule has 0 saturated carbocycles. The number of nitrogens with two attached hydrogens (primary N) is 1. The fourth-order valence-corrected chi connectivity index (χ4v) is 1.49. The summed E-state index contributed by atoms with van der Waals surface area (Å²) in [7, 11) is 0. The fraction of sp³-hybridized carbons (Fsp3) is 0.467. The zero-order valence-electron chi connectivity index (χ0n) is 12.8. The van der Waals surface area contributed by atoms with Gasteiger partial charge in [0.05, 0.1) is 0 Å². The lowest BCUT2D eigenvalue weighted by Crippen LogP contribution is -2.33. The summed E-state index contributed by atoms with van der Waals surface area (Å²) in [6, 6.07) is 9.58. The lowest BCUT2D eigenvalue weighted by atomic mass is 10.2. The van der Waals surface area contributed by atoms with Crippen LogP contribution in [0.5, 0.6) is 0 Å². The van der Waals surface area contributed by atoms with Crippen molar-refractivity contribution in [1.82, 2.24) is 5.32 Å². The quantitative estimate of drug-likeness (QED) is 0.441. The third-order valence-electron chi connectivity index (χ3n) is 2.33. The van der Waals surface area contributed by atoms with Gasteiger partial charge < -0.3 is 21.1 Å². The molecule has 0 fully saturated rings. The zero-order chi connectivity index (χ0) is 15.7. The van der Waals surface area contributed by atoms with Crippen molar-refractivity contribution in [3.8, 4) is 0 Å².